The molecule has 1 aromatic heterocycles. The molecule has 1 heterocycles. The van der Waals surface area contributed by atoms with Crippen LogP contribution in [0.15, 0.2) is 23.6 Å². The smallest absolute Gasteiger partial charge is 0.326 e. The average molecular weight is 387 g/mol. The highest BCUT2D eigenvalue weighted by molar-refractivity contribution is 7.09. The Bertz CT molecular complexity index is 728. The first-order valence-corrected chi connectivity index (χ1v) is 8.91. The molecule has 2 N–H and O–H groups in total. The summed E-state index contributed by atoms with van der Waals surface area (Å²) < 4.78 is 0. The van der Waals surface area contributed by atoms with E-state index in [-0.39, 0.29) is 18.7 Å². The fourth-order valence-corrected chi connectivity index (χ4v) is 3.48. The molecular weight excluding hydrogens is 371 g/mol. The van der Waals surface area contributed by atoms with Crippen LogP contribution in [0.4, 0.5) is 0 Å². The molecule has 0 aliphatic rings. The fraction of sp³-hybridized carbons (Fsp3) is 0.312. The van der Waals surface area contributed by atoms with Gasteiger partial charge in [0.1, 0.15) is 6.04 Å². The summed E-state index contributed by atoms with van der Waals surface area (Å²) in [5.74, 6) is -1.50. The summed E-state index contributed by atoms with van der Waals surface area (Å²) in [6, 6.07) is 3.76. The number of rotatable bonds is 7. The highest BCUT2D eigenvalue weighted by Crippen LogP contribution is 2.20. The molecule has 0 spiro atoms. The topological polar surface area (TPSA) is 79.3 Å². The summed E-state index contributed by atoms with van der Waals surface area (Å²) >= 11 is 13.3. The Kier molecular flexibility index (Phi) is 6.60. The van der Waals surface area contributed by atoms with Gasteiger partial charge in [0, 0.05) is 21.8 Å². The van der Waals surface area contributed by atoms with Crippen LogP contribution in [0, 0.1) is 0 Å². The zero-order valence-electron chi connectivity index (χ0n) is 12.9. The van der Waals surface area contributed by atoms with E-state index in [1.165, 1.54) is 11.3 Å². The van der Waals surface area contributed by atoms with Crippen molar-refractivity contribution < 1.29 is 14.7 Å². The maximum absolute atomic E-state index is 12.1. The van der Waals surface area contributed by atoms with Gasteiger partial charge in [-0.2, -0.15) is 0 Å². The maximum Gasteiger partial charge on any atom is 0.326 e. The fourth-order valence-electron chi connectivity index (χ4n) is 2.17. The summed E-state index contributed by atoms with van der Waals surface area (Å²) in [7, 11) is 0. The van der Waals surface area contributed by atoms with E-state index in [1.807, 2.05) is 12.3 Å². The van der Waals surface area contributed by atoms with Crippen molar-refractivity contribution in [3.63, 3.8) is 0 Å². The first-order chi connectivity index (χ1) is 11.4. The lowest BCUT2D eigenvalue weighted by atomic mass is 10.1. The van der Waals surface area contributed by atoms with Crippen molar-refractivity contribution >= 4 is 46.4 Å². The second-order valence-corrected chi connectivity index (χ2v) is 7.02. The number of carbonyl (C=O) groups is 2. The number of thiazole rings is 1. The second kappa shape index (κ2) is 8.46. The van der Waals surface area contributed by atoms with Crippen LogP contribution in [0.3, 0.4) is 0 Å². The van der Waals surface area contributed by atoms with Crippen LogP contribution < -0.4 is 5.32 Å². The zero-order chi connectivity index (χ0) is 17.7. The highest BCUT2D eigenvalue weighted by Gasteiger charge is 2.21. The van der Waals surface area contributed by atoms with Crippen molar-refractivity contribution in [3.05, 3.63) is 49.9 Å². The minimum Gasteiger partial charge on any atom is -0.480 e. The number of aliphatic carboxylic acids is 1. The second-order valence-electron chi connectivity index (χ2n) is 5.20. The number of carbonyl (C=O) groups excluding carboxylic acids is 1. The molecule has 0 saturated carbocycles. The maximum atomic E-state index is 12.1. The number of carboxylic acid groups (broad SMARTS) is 1. The quantitative estimate of drug-likeness (QED) is 0.764. The number of aryl methyl sites for hydroxylation is 1. The Morgan fingerprint density at radius 3 is 2.50 bits per heavy atom. The summed E-state index contributed by atoms with van der Waals surface area (Å²) in [5, 5.41) is 15.4. The van der Waals surface area contributed by atoms with E-state index in [4.69, 9.17) is 23.2 Å². The predicted octanol–water partition coefficient (Wildman–Crippen LogP) is 3.37. The molecule has 0 saturated heterocycles. The summed E-state index contributed by atoms with van der Waals surface area (Å²) in [6.45, 7) is 1.99. The van der Waals surface area contributed by atoms with E-state index in [0.29, 0.717) is 21.3 Å². The molecule has 2 rings (SSSR count). The van der Waals surface area contributed by atoms with Gasteiger partial charge >= 0.3 is 5.97 Å². The van der Waals surface area contributed by atoms with E-state index in [0.717, 1.165) is 11.4 Å². The zero-order valence-corrected chi connectivity index (χ0v) is 15.2. The summed E-state index contributed by atoms with van der Waals surface area (Å²) in [5.41, 5.74) is 1.28. The van der Waals surface area contributed by atoms with Gasteiger partial charge in [-0.1, -0.05) is 30.1 Å². The number of halogens is 2. The van der Waals surface area contributed by atoms with Crippen molar-refractivity contribution in [3.8, 4) is 0 Å². The monoisotopic (exact) mass is 386 g/mol. The lowest BCUT2D eigenvalue weighted by Gasteiger charge is -2.14. The lowest BCUT2D eigenvalue weighted by molar-refractivity contribution is -0.141. The Hall–Kier alpha value is -1.63. The van der Waals surface area contributed by atoms with E-state index in [9.17, 15) is 14.7 Å². The molecule has 1 aromatic carbocycles. The number of benzene rings is 1. The predicted molar refractivity (Wildman–Crippen MR) is 94.9 cm³/mol. The molecule has 1 amide bonds. The molecule has 0 aliphatic carbocycles. The van der Waals surface area contributed by atoms with Crippen LogP contribution in [0.5, 0.6) is 0 Å². The number of aromatic nitrogens is 1. The largest absolute Gasteiger partial charge is 0.480 e. The van der Waals surface area contributed by atoms with E-state index in [1.54, 1.807) is 18.2 Å². The number of carboxylic acids is 1. The molecule has 0 fully saturated rings. The van der Waals surface area contributed by atoms with Gasteiger partial charge in [0.2, 0.25) is 5.91 Å². The Balaban J connectivity index is 2.02. The van der Waals surface area contributed by atoms with Crippen LogP contribution in [-0.4, -0.2) is 28.0 Å². The molecule has 0 bridgehead atoms. The van der Waals surface area contributed by atoms with Crippen LogP contribution in [-0.2, 0) is 28.9 Å². The van der Waals surface area contributed by atoms with Gasteiger partial charge in [0.05, 0.1) is 17.1 Å². The number of nitrogens with one attached hydrogen (secondary N) is 1. The van der Waals surface area contributed by atoms with E-state index >= 15 is 0 Å². The standard InChI is InChI=1S/C16H16Cl2N2O3S/c1-2-15-19-12(8-24-15)7-14(21)20-13(16(22)23)5-9-3-10(17)6-11(18)4-9/h3-4,6,8,13H,2,5,7H2,1H3,(H,20,21)(H,22,23). The van der Waals surface area contributed by atoms with Crippen LogP contribution in [0.2, 0.25) is 10.0 Å². The van der Waals surface area contributed by atoms with E-state index in [2.05, 4.69) is 10.3 Å². The van der Waals surface area contributed by atoms with Crippen molar-refractivity contribution in [1.82, 2.24) is 10.3 Å². The molecule has 0 radical (unpaired) electrons. The third-order valence-electron chi connectivity index (χ3n) is 3.24. The van der Waals surface area contributed by atoms with Crippen LogP contribution in [0.1, 0.15) is 23.2 Å². The number of nitrogens with zero attached hydrogens (tertiary/aromatic N) is 1. The van der Waals surface area contributed by atoms with Crippen LogP contribution in [0.25, 0.3) is 0 Å². The molecule has 8 heteroatoms. The molecule has 5 nitrogen and oxygen atoms in total. The molecule has 128 valence electrons. The normalized spacial score (nSPS) is 12.0. The highest BCUT2D eigenvalue weighted by atomic mass is 35.5. The third kappa shape index (κ3) is 5.47. The SMILES string of the molecule is CCc1nc(CC(=O)NC(Cc2cc(Cl)cc(Cl)c2)C(=O)O)cs1. The minimum atomic E-state index is -1.12. The van der Waals surface area contributed by atoms with Gasteiger partial charge in [-0.3, -0.25) is 4.79 Å². The van der Waals surface area contributed by atoms with Gasteiger partial charge < -0.3 is 10.4 Å². The Morgan fingerprint density at radius 1 is 1.29 bits per heavy atom. The number of amides is 1. The van der Waals surface area contributed by atoms with Crippen molar-refractivity contribution in [2.75, 3.05) is 0 Å². The van der Waals surface area contributed by atoms with Gasteiger partial charge in [-0.05, 0) is 30.2 Å². The average Bonchev–Trinajstić information content (AvgIpc) is 2.92. The summed E-state index contributed by atoms with van der Waals surface area (Å²) in [6.07, 6.45) is 0.953. The van der Waals surface area contributed by atoms with Gasteiger partial charge in [0.15, 0.2) is 0 Å². The molecule has 1 atom stereocenters. The van der Waals surface area contributed by atoms with Crippen molar-refractivity contribution in [2.45, 2.75) is 32.2 Å². The van der Waals surface area contributed by atoms with E-state index < -0.39 is 12.0 Å². The van der Waals surface area contributed by atoms with Crippen molar-refractivity contribution in [2.24, 2.45) is 0 Å². The van der Waals surface area contributed by atoms with Crippen molar-refractivity contribution in [1.29, 1.82) is 0 Å². The van der Waals surface area contributed by atoms with Gasteiger partial charge in [0.25, 0.3) is 0 Å². The first kappa shape index (κ1) is 18.7. The lowest BCUT2D eigenvalue weighted by Crippen LogP contribution is -2.43. The molecule has 2 aromatic rings. The van der Waals surface area contributed by atoms with Crippen LogP contribution >= 0.6 is 34.5 Å². The first-order valence-electron chi connectivity index (χ1n) is 7.27. The Morgan fingerprint density at radius 2 is 1.96 bits per heavy atom. The third-order valence-corrected chi connectivity index (χ3v) is 4.72. The van der Waals surface area contributed by atoms with Gasteiger partial charge in [-0.15, -0.1) is 11.3 Å². The van der Waals surface area contributed by atoms with Gasteiger partial charge in [-0.25, -0.2) is 9.78 Å². The minimum absolute atomic E-state index is 0.0522. The number of hydrogen-bond donors (Lipinski definition) is 2. The molecule has 1 unspecified atom stereocenters. The Labute approximate surface area is 153 Å². The molecule has 24 heavy (non-hydrogen) atoms. The molecule has 0 aliphatic heterocycles. The number of hydrogen-bond acceptors (Lipinski definition) is 4. The summed E-state index contributed by atoms with van der Waals surface area (Å²) in [4.78, 5) is 27.8. The molecular formula is C16H16Cl2N2O3S.